The van der Waals surface area contributed by atoms with E-state index in [1.807, 2.05) is 30.3 Å². The van der Waals surface area contributed by atoms with Gasteiger partial charge in [-0.3, -0.25) is 10.0 Å². The molecule has 2 N–H and O–H groups in total. The number of rotatable bonds is 6. The molecule has 1 saturated heterocycles. The van der Waals surface area contributed by atoms with Gasteiger partial charge in [-0.2, -0.15) is 0 Å². The molecule has 0 spiro atoms. The highest BCUT2D eigenvalue weighted by Gasteiger charge is 2.50. The van der Waals surface area contributed by atoms with E-state index in [0.717, 1.165) is 27.4 Å². The SMILES string of the molecule is CCc1ccc(-c2ccc(C3(CC(=O)NO)CCN(S(C)(=O)=O)CCS3(=O)=O)s2)cc1. The molecule has 1 aliphatic heterocycles. The minimum atomic E-state index is -3.92. The highest BCUT2D eigenvalue weighted by Crippen LogP contribution is 2.45. The Kier molecular flexibility index (Phi) is 6.92. The van der Waals surface area contributed by atoms with Crippen LogP contribution in [0.25, 0.3) is 10.4 Å². The molecule has 0 bridgehead atoms. The van der Waals surface area contributed by atoms with Crippen molar-refractivity contribution in [2.24, 2.45) is 0 Å². The van der Waals surface area contributed by atoms with Crippen LogP contribution in [-0.2, 0) is 35.8 Å². The lowest BCUT2D eigenvalue weighted by Gasteiger charge is -2.30. The predicted octanol–water partition coefficient (Wildman–Crippen LogP) is 2.15. The van der Waals surface area contributed by atoms with Gasteiger partial charge in [0.2, 0.25) is 15.9 Å². The molecular weight excluding hydrogens is 460 g/mol. The third-order valence-electron chi connectivity index (χ3n) is 5.71. The Morgan fingerprint density at radius 3 is 2.45 bits per heavy atom. The van der Waals surface area contributed by atoms with Crippen molar-refractivity contribution >= 4 is 37.1 Å². The molecule has 3 rings (SSSR count). The number of sulfone groups is 1. The second-order valence-corrected chi connectivity index (χ2v) is 13.1. The minimum Gasteiger partial charge on any atom is -0.289 e. The van der Waals surface area contributed by atoms with Crippen molar-refractivity contribution in [2.45, 2.75) is 30.9 Å². The van der Waals surface area contributed by atoms with Gasteiger partial charge in [0, 0.05) is 22.8 Å². The topological polar surface area (TPSA) is 121 Å². The highest BCUT2D eigenvalue weighted by atomic mass is 32.2. The van der Waals surface area contributed by atoms with Crippen LogP contribution in [0.1, 0.15) is 30.2 Å². The van der Waals surface area contributed by atoms with Gasteiger partial charge >= 0.3 is 0 Å². The molecule has 1 aromatic heterocycles. The van der Waals surface area contributed by atoms with Gasteiger partial charge < -0.3 is 0 Å². The van der Waals surface area contributed by atoms with E-state index in [2.05, 4.69) is 6.92 Å². The summed E-state index contributed by atoms with van der Waals surface area (Å²) in [6, 6.07) is 11.5. The number of nitrogens with zero attached hydrogens (tertiary/aromatic N) is 1. The Hall–Kier alpha value is -1.79. The summed E-state index contributed by atoms with van der Waals surface area (Å²) in [5.74, 6) is -1.24. The van der Waals surface area contributed by atoms with Crippen molar-refractivity contribution in [2.75, 3.05) is 25.1 Å². The Bertz CT molecular complexity index is 1160. The van der Waals surface area contributed by atoms with E-state index in [4.69, 9.17) is 5.21 Å². The zero-order valence-electron chi connectivity index (χ0n) is 17.4. The molecule has 170 valence electrons. The maximum atomic E-state index is 13.4. The van der Waals surface area contributed by atoms with Gasteiger partial charge in [0.15, 0.2) is 9.84 Å². The predicted molar refractivity (Wildman–Crippen MR) is 120 cm³/mol. The van der Waals surface area contributed by atoms with Crippen LogP contribution in [0.2, 0.25) is 0 Å². The summed E-state index contributed by atoms with van der Waals surface area (Å²) in [4.78, 5) is 13.4. The fraction of sp³-hybridized carbons (Fsp3) is 0.450. The number of hydrogen-bond donors (Lipinski definition) is 2. The molecule has 1 aromatic carbocycles. The molecular formula is C20H26N2O6S3. The summed E-state index contributed by atoms with van der Waals surface area (Å²) in [6.45, 7) is 1.86. The second kappa shape index (κ2) is 8.99. The molecule has 1 fully saturated rings. The molecule has 1 amide bonds. The third-order valence-corrected chi connectivity index (χ3v) is 11.0. The van der Waals surface area contributed by atoms with Crippen LogP contribution >= 0.6 is 11.3 Å². The number of amides is 1. The molecule has 1 unspecified atom stereocenters. The molecule has 11 heteroatoms. The number of hydrogen-bond acceptors (Lipinski definition) is 7. The molecule has 0 radical (unpaired) electrons. The Balaban J connectivity index is 2.08. The van der Waals surface area contributed by atoms with Crippen molar-refractivity contribution in [1.29, 1.82) is 0 Å². The van der Waals surface area contributed by atoms with Crippen molar-refractivity contribution in [3.63, 3.8) is 0 Å². The lowest BCUT2D eigenvalue weighted by atomic mass is 9.97. The first-order valence-corrected chi connectivity index (χ1v) is 14.1. The number of nitrogens with one attached hydrogen (secondary N) is 1. The Morgan fingerprint density at radius 1 is 1.19 bits per heavy atom. The number of benzene rings is 1. The fourth-order valence-corrected chi connectivity index (χ4v) is 8.39. The number of hydroxylamine groups is 1. The van der Waals surface area contributed by atoms with Gasteiger partial charge in [0.05, 0.1) is 18.4 Å². The summed E-state index contributed by atoms with van der Waals surface area (Å²) < 4.78 is 50.4. The van der Waals surface area contributed by atoms with Gasteiger partial charge in [0.1, 0.15) is 4.75 Å². The van der Waals surface area contributed by atoms with Gasteiger partial charge in [-0.05, 0) is 36.1 Å². The summed E-state index contributed by atoms with van der Waals surface area (Å²) in [5, 5.41) is 9.08. The number of thiophene rings is 1. The number of carbonyl (C=O) groups excluding carboxylic acids is 1. The molecule has 1 atom stereocenters. The van der Waals surface area contributed by atoms with E-state index in [9.17, 15) is 21.6 Å². The van der Waals surface area contributed by atoms with Gasteiger partial charge in [-0.25, -0.2) is 26.6 Å². The Morgan fingerprint density at radius 2 is 1.87 bits per heavy atom. The standard InChI is InChI=1S/C20H26N2O6S3/c1-3-15-4-6-16(7-5-15)17-8-9-18(29-17)20(14-19(23)21-24)10-11-22(30(2,25)26)12-13-31(20,27)28/h4-9,24H,3,10-14H2,1-2H3,(H,21,23). The van der Waals surface area contributed by atoms with Crippen LogP contribution in [0.15, 0.2) is 36.4 Å². The van der Waals surface area contributed by atoms with Crippen molar-refractivity contribution in [3.05, 3.63) is 46.8 Å². The van der Waals surface area contributed by atoms with E-state index in [1.54, 1.807) is 6.07 Å². The lowest BCUT2D eigenvalue weighted by Crippen LogP contribution is -2.41. The van der Waals surface area contributed by atoms with Crippen LogP contribution in [0.4, 0.5) is 0 Å². The summed E-state index contributed by atoms with van der Waals surface area (Å²) in [5.41, 5.74) is 3.64. The Labute approximate surface area is 186 Å². The average Bonchev–Trinajstić information content (AvgIpc) is 3.17. The number of carbonyl (C=O) groups is 1. The highest BCUT2D eigenvalue weighted by molar-refractivity contribution is 7.92. The second-order valence-electron chi connectivity index (χ2n) is 7.65. The van der Waals surface area contributed by atoms with E-state index in [-0.39, 0.29) is 19.5 Å². The minimum absolute atomic E-state index is 0.0325. The van der Waals surface area contributed by atoms with Crippen molar-refractivity contribution in [3.8, 4) is 10.4 Å². The number of sulfonamides is 1. The first-order valence-electron chi connectivity index (χ1n) is 9.82. The maximum Gasteiger partial charge on any atom is 0.245 e. The third kappa shape index (κ3) is 4.85. The first-order chi connectivity index (χ1) is 14.5. The zero-order chi connectivity index (χ0) is 22.9. The first kappa shape index (κ1) is 23.9. The van der Waals surface area contributed by atoms with E-state index in [0.29, 0.717) is 4.88 Å². The van der Waals surface area contributed by atoms with E-state index in [1.165, 1.54) is 22.4 Å². The quantitative estimate of drug-likeness (QED) is 0.477. The molecule has 2 aromatic rings. The molecule has 2 heterocycles. The van der Waals surface area contributed by atoms with Crippen molar-refractivity contribution < 1.29 is 26.8 Å². The fourth-order valence-electron chi connectivity index (χ4n) is 3.83. The van der Waals surface area contributed by atoms with Crippen LogP contribution in [-0.4, -0.2) is 57.4 Å². The van der Waals surface area contributed by atoms with Crippen molar-refractivity contribution in [1.82, 2.24) is 9.79 Å². The molecule has 8 nitrogen and oxygen atoms in total. The molecule has 0 aliphatic carbocycles. The van der Waals surface area contributed by atoms with Crippen LogP contribution < -0.4 is 5.48 Å². The van der Waals surface area contributed by atoms with Crippen LogP contribution in [0.3, 0.4) is 0 Å². The van der Waals surface area contributed by atoms with Crippen LogP contribution in [0.5, 0.6) is 0 Å². The van der Waals surface area contributed by atoms with Crippen LogP contribution in [0, 0.1) is 0 Å². The maximum absolute atomic E-state index is 13.4. The molecule has 0 saturated carbocycles. The van der Waals surface area contributed by atoms with Gasteiger partial charge in [-0.1, -0.05) is 31.2 Å². The van der Waals surface area contributed by atoms with E-state index >= 15 is 0 Å². The monoisotopic (exact) mass is 486 g/mol. The lowest BCUT2D eigenvalue weighted by molar-refractivity contribution is -0.129. The van der Waals surface area contributed by atoms with E-state index < -0.39 is 42.7 Å². The summed E-state index contributed by atoms with van der Waals surface area (Å²) in [6.07, 6.45) is 1.38. The summed E-state index contributed by atoms with van der Waals surface area (Å²) >= 11 is 1.27. The smallest absolute Gasteiger partial charge is 0.245 e. The van der Waals surface area contributed by atoms with Gasteiger partial charge in [0.25, 0.3) is 0 Å². The largest absolute Gasteiger partial charge is 0.289 e. The summed E-state index contributed by atoms with van der Waals surface area (Å²) in [7, 11) is -7.51. The normalized spacial score (nSPS) is 22.0. The molecule has 1 aliphatic rings. The average molecular weight is 487 g/mol. The molecule has 31 heavy (non-hydrogen) atoms. The number of aryl methyl sites for hydroxylation is 1. The zero-order valence-corrected chi connectivity index (χ0v) is 19.8. The van der Waals surface area contributed by atoms with Gasteiger partial charge in [-0.15, -0.1) is 11.3 Å².